The molecule has 0 bridgehead atoms. The first-order valence-electron chi connectivity index (χ1n) is 9.62. The molecule has 2 aromatic heterocycles. The molecule has 3 rings (SSSR count). The van der Waals surface area contributed by atoms with Crippen LogP contribution in [0.3, 0.4) is 0 Å². The highest BCUT2D eigenvalue weighted by atomic mass is 32.2. The lowest BCUT2D eigenvalue weighted by Gasteiger charge is -2.09. The van der Waals surface area contributed by atoms with Crippen molar-refractivity contribution in [1.29, 1.82) is 0 Å². The number of nitrogens with zero attached hydrogens (tertiary/aromatic N) is 4. The molecule has 9 nitrogen and oxygen atoms in total. The molecule has 10 heteroatoms. The van der Waals surface area contributed by atoms with Crippen LogP contribution >= 0.6 is 0 Å². The summed E-state index contributed by atoms with van der Waals surface area (Å²) in [5.74, 6) is 1.72. The van der Waals surface area contributed by atoms with Crippen molar-refractivity contribution < 1.29 is 13.2 Å². The molecule has 3 aromatic rings. The summed E-state index contributed by atoms with van der Waals surface area (Å²) in [5, 5.41) is 15.8. The fourth-order valence-corrected chi connectivity index (χ4v) is 3.59. The molecule has 0 spiro atoms. The van der Waals surface area contributed by atoms with Crippen molar-refractivity contribution in [1.82, 2.24) is 24.7 Å². The van der Waals surface area contributed by atoms with Gasteiger partial charge in [0.15, 0.2) is 5.82 Å². The summed E-state index contributed by atoms with van der Waals surface area (Å²) in [6.07, 6.45) is 0. The van der Waals surface area contributed by atoms with Gasteiger partial charge in [0.25, 0.3) is 0 Å². The van der Waals surface area contributed by atoms with E-state index in [1.54, 1.807) is 22.9 Å². The molecule has 0 radical (unpaired) electrons. The molecule has 0 aliphatic carbocycles. The van der Waals surface area contributed by atoms with E-state index in [4.69, 9.17) is 4.74 Å². The Hall–Kier alpha value is -2.98. The second-order valence-electron chi connectivity index (χ2n) is 6.79. The van der Waals surface area contributed by atoms with Gasteiger partial charge in [-0.2, -0.15) is 5.10 Å². The summed E-state index contributed by atoms with van der Waals surface area (Å²) in [6, 6.07) is 12.7. The molecule has 0 saturated heterocycles. The lowest BCUT2D eigenvalue weighted by Crippen LogP contribution is -2.32. The smallest absolute Gasteiger partial charge is 0.215 e. The Morgan fingerprint density at radius 1 is 1.00 bits per heavy atom. The van der Waals surface area contributed by atoms with Crippen LogP contribution < -0.4 is 14.8 Å². The summed E-state index contributed by atoms with van der Waals surface area (Å²) in [4.78, 5) is 0. The summed E-state index contributed by atoms with van der Waals surface area (Å²) in [7, 11) is -3.42. The number of sulfonamides is 1. The number of aryl methyl sites for hydroxylation is 1. The Morgan fingerprint density at radius 3 is 2.40 bits per heavy atom. The third kappa shape index (κ3) is 5.77. The van der Waals surface area contributed by atoms with Gasteiger partial charge in [-0.15, -0.1) is 10.2 Å². The second-order valence-corrected chi connectivity index (χ2v) is 8.71. The van der Waals surface area contributed by atoms with E-state index in [1.807, 2.05) is 45.0 Å². The molecule has 2 heterocycles. The Balaban J connectivity index is 1.42. The number of anilines is 1. The quantitative estimate of drug-likeness (QED) is 0.473. The van der Waals surface area contributed by atoms with Crippen LogP contribution in [0.5, 0.6) is 5.75 Å². The maximum absolute atomic E-state index is 12.0. The Morgan fingerprint density at radius 2 is 1.77 bits per heavy atom. The van der Waals surface area contributed by atoms with E-state index in [9.17, 15) is 8.42 Å². The maximum atomic E-state index is 12.0. The minimum absolute atomic E-state index is 0.0888. The fraction of sp³-hybridized carbons (Fsp3) is 0.350. The highest BCUT2D eigenvalue weighted by Crippen LogP contribution is 2.15. The van der Waals surface area contributed by atoms with Crippen LogP contribution in [0.15, 0.2) is 42.5 Å². The van der Waals surface area contributed by atoms with Crippen LogP contribution in [-0.2, 0) is 10.0 Å². The Kier molecular flexibility index (Phi) is 7.01. The van der Waals surface area contributed by atoms with Crippen molar-refractivity contribution in [3.05, 3.63) is 59.4 Å². The highest BCUT2D eigenvalue weighted by molar-refractivity contribution is 7.89. The molecular formula is C20H26N6O3S. The van der Waals surface area contributed by atoms with Crippen LogP contribution in [0.1, 0.15) is 17.0 Å². The predicted molar refractivity (Wildman–Crippen MR) is 116 cm³/mol. The van der Waals surface area contributed by atoms with Gasteiger partial charge in [0.05, 0.1) is 11.4 Å². The van der Waals surface area contributed by atoms with Crippen LogP contribution in [0.2, 0.25) is 0 Å². The topological polar surface area (TPSA) is 111 Å². The van der Waals surface area contributed by atoms with E-state index in [0.717, 1.165) is 17.0 Å². The van der Waals surface area contributed by atoms with Crippen LogP contribution in [-0.4, -0.2) is 53.8 Å². The normalized spacial score (nSPS) is 11.4. The molecule has 160 valence electrons. The Bertz CT molecular complexity index is 1070. The van der Waals surface area contributed by atoms with Crippen LogP contribution in [0, 0.1) is 20.8 Å². The summed E-state index contributed by atoms with van der Waals surface area (Å²) in [5.41, 5.74) is 3.10. The van der Waals surface area contributed by atoms with E-state index < -0.39 is 10.0 Å². The minimum Gasteiger partial charge on any atom is -0.492 e. The standard InChI is InChI=1S/C20H26N6O3S/c1-15-16(2)25-26(17(15)3)20-10-9-19(23-24-20)21-11-12-22-30(27,28)14-13-29-18-7-5-4-6-8-18/h4-10,22H,11-14H2,1-3H3,(H,21,23). The van der Waals surface area contributed by atoms with Crippen molar-refractivity contribution in [3.8, 4) is 11.6 Å². The van der Waals surface area contributed by atoms with Gasteiger partial charge >= 0.3 is 0 Å². The fourth-order valence-electron chi connectivity index (χ4n) is 2.73. The first-order valence-corrected chi connectivity index (χ1v) is 11.3. The molecule has 1 aromatic carbocycles. The first-order chi connectivity index (χ1) is 14.4. The van der Waals surface area contributed by atoms with Crippen molar-refractivity contribution in [2.45, 2.75) is 20.8 Å². The molecule has 0 aliphatic heterocycles. The van der Waals surface area contributed by atoms with E-state index >= 15 is 0 Å². The van der Waals surface area contributed by atoms with Gasteiger partial charge < -0.3 is 10.1 Å². The van der Waals surface area contributed by atoms with Crippen LogP contribution in [0.25, 0.3) is 5.82 Å². The summed E-state index contributed by atoms with van der Waals surface area (Å²) in [6.45, 7) is 6.66. The largest absolute Gasteiger partial charge is 0.492 e. The van der Waals surface area contributed by atoms with Gasteiger partial charge in [-0.05, 0) is 50.6 Å². The number of benzene rings is 1. The number of aromatic nitrogens is 4. The van der Waals surface area contributed by atoms with Crippen molar-refractivity contribution in [2.24, 2.45) is 0 Å². The van der Waals surface area contributed by atoms with Crippen molar-refractivity contribution in [2.75, 3.05) is 30.8 Å². The average molecular weight is 431 g/mol. The molecule has 0 unspecified atom stereocenters. The first kappa shape index (κ1) is 21.7. The van der Waals surface area contributed by atoms with Gasteiger partial charge in [0, 0.05) is 18.8 Å². The van der Waals surface area contributed by atoms with Gasteiger partial charge in [-0.1, -0.05) is 18.2 Å². The van der Waals surface area contributed by atoms with Gasteiger partial charge in [0.2, 0.25) is 10.0 Å². The summed E-state index contributed by atoms with van der Waals surface area (Å²) >= 11 is 0. The molecule has 2 N–H and O–H groups in total. The van der Waals surface area contributed by atoms with Gasteiger partial charge in [-0.3, -0.25) is 0 Å². The minimum atomic E-state index is -3.42. The Labute approximate surface area is 176 Å². The highest BCUT2D eigenvalue weighted by Gasteiger charge is 2.11. The molecular weight excluding hydrogens is 404 g/mol. The van der Waals surface area contributed by atoms with E-state index in [-0.39, 0.29) is 18.9 Å². The lowest BCUT2D eigenvalue weighted by atomic mass is 10.2. The average Bonchev–Trinajstić information content (AvgIpc) is 3.00. The monoisotopic (exact) mass is 430 g/mol. The van der Waals surface area contributed by atoms with E-state index in [0.29, 0.717) is 23.9 Å². The molecule has 0 amide bonds. The zero-order valence-electron chi connectivity index (χ0n) is 17.3. The predicted octanol–water partition coefficient (Wildman–Crippen LogP) is 2.00. The number of ether oxygens (including phenoxy) is 1. The third-order valence-electron chi connectivity index (χ3n) is 4.64. The number of para-hydroxylation sites is 1. The zero-order valence-corrected chi connectivity index (χ0v) is 18.1. The number of nitrogens with one attached hydrogen (secondary N) is 2. The number of hydrogen-bond donors (Lipinski definition) is 2. The van der Waals surface area contributed by atoms with Gasteiger partial charge in [0.1, 0.15) is 18.2 Å². The number of rotatable bonds is 10. The molecule has 30 heavy (non-hydrogen) atoms. The lowest BCUT2D eigenvalue weighted by molar-refractivity contribution is 0.340. The molecule has 0 fully saturated rings. The number of hydrogen-bond acceptors (Lipinski definition) is 7. The maximum Gasteiger partial charge on any atom is 0.215 e. The van der Waals surface area contributed by atoms with E-state index in [1.165, 1.54) is 0 Å². The van der Waals surface area contributed by atoms with Crippen molar-refractivity contribution >= 4 is 15.8 Å². The second kappa shape index (κ2) is 9.68. The van der Waals surface area contributed by atoms with Gasteiger partial charge in [-0.25, -0.2) is 17.8 Å². The molecule has 0 aliphatic rings. The van der Waals surface area contributed by atoms with Crippen LogP contribution in [0.4, 0.5) is 5.82 Å². The third-order valence-corrected chi connectivity index (χ3v) is 5.99. The van der Waals surface area contributed by atoms with E-state index in [2.05, 4.69) is 25.3 Å². The molecule has 0 saturated carbocycles. The van der Waals surface area contributed by atoms with Crippen molar-refractivity contribution in [3.63, 3.8) is 0 Å². The SMILES string of the molecule is Cc1nn(-c2ccc(NCCNS(=O)(=O)CCOc3ccccc3)nn2)c(C)c1C. The summed E-state index contributed by atoms with van der Waals surface area (Å²) < 4.78 is 33.8. The zero-order chi connectivity index (χ0) is 21.6. The molecule has 0 atom stereocenters.